The van der Waals surface area contributed by atoms with E-state index in [1.807, 2.05) is 0 Å². The summed E-state index contributed by atoms with van der Waals surface area (Å²) in [7, 11) is -2.99. The fourth-order valence-corrected chi connectivity index (χ4v) is 2.41. The van der Waals surface area contributed by atoms with Gasteiger partial charge in [0.25, 0.3) is 0 Å². The van der Waals surface area contributed by atoms with E-state index in [-0.39, 0.29) is 0 Å². The molecule has 0 heterocycles. The van der Waals surface area contributed by atoms with Gasteiger partial charge in [-0.25, -0.2) is 0 Å². The number of hydrogen-bond acceptors (Lipinski definition) is 4. The molecule has 0 fully saturated rings. The van der Waals surface area contributed by atoms with Crippen LogP contribution in [-0.2, 0) is 13.8 Å². The molecule has 1 atom stereocenters. The topological polar surface area (TPSA) is 35.5 Å². The molecule has 0 aromatic carbocycles. The van der Waals surface area contributed by atoms with Gasteiger partial charge in [-0.1, -0.05) is 0 Å². The van der Waals surface area contributed by atoms with Crippen LogP contribution in [0.5, 0.6) is 0 Å². The quantitative estimate of drug-likeness (QED) is 0.561. The smallest absolute Gasteiger partial charge is 0.366 e. The van der Waals surface area contributed by atoms with Gasteiger partial charge in [0.1, 0.15) is 0 Å². The summed E-state index contributed by atoms with van der Waals surface area (Å²) in [5.41, 5.74) is -0.775. The molecule has 0 amide bonds. The number of methoxy groups -OCH3 is 1. The molecule has 1 unspecified atom stereocenters. The third-order valence-electron chi connectivity index (χ3n) is 2.44. The van der Waals surface area contributed by atoms with Crippen molar-refractivity contribution in [3.8, 4) is 0 Å². The van der Waals surface area contributed by atoms with Crippen molar-refractivity contribution in [3.05, 3.63) is 0 Å². The van der Waals surface area contributed by atoms with Gasteiger partial charge in [0.05, 0.1) is 5.60 Å². The Morgan fingerprint density at radius 1 is 1.31 bits per heavy atom. The van der Waals surface area contributed by atoms with E-state index >= 15 is 0 Å². The lowest BCUT2D eigenvalue weighted by atomic mass is 10.0. The molecule has 0 bridgehead atoms. The van der Waals surface area contributed by atoms with Crippen molar-refractivity contribution in [3.63, 3.8) is 0 Å². The predicted molar refractivity (Wildman–Crippen MR) is 68.1 cm³/mol. The Balaban J connectivity index is 4.64. The summed E-state index contributed by atoms with van der Waals surface area (Å²) < 4.78 is 35.8. The maximum absolute atomic E-state index is 14.0. The van der Waals surface area contributed by atoms with Crippen LogP contribution in [0.3, 0.4) is 0 Å². The van der Waals surface area contributed by atoms with Gasteiger partial charge in [-0.05, 0) is 46.3 Å². The number of rotatable bonds is 7. The summed E-state index contributed by atoms with van der Waals surface area (Å²) in [5.74, 6) is 0.692. The zero-order valence-corrected chi connectivity index (χ0v) is 12.4. The Kier molecular flexibility index (Phi) is 6.01. The van der Waals surface area contributed by atoms with Crippen molar-refractivity contribution in [2.45, 2.75) is 51.5 Å². The van der Waals surface area contributed by atoms with E-state index < -0.39 is 18.6 Å². The van der Waals surface area contributed by atoms with Crippen LogP contribution in [0.25, 0.3) is 0 Å². The van der Waals surface area contributed by atoms with Crippen molar-refractivity contribution < 1.29 is 18.0 Å². The van der Waals surface area contributed by atoms with Crippen LogP contribution in [-0.4, -0.2) is 23.8 Å². The molecule has 0 saturated carbocycles. The van der Waals surface area contributed by atoms with E-state index in [0.717, 1.165) is 6.42 Å². The highest BCUT2D eigenvalue weighted by Crippen LogP contribution is 2.63. The Morgan fingerprint density at radius 2 is 1.81 bits per heavy atom. The lowest BCUT2D eigenvalue weighted by molar-refractivity contribution is 0.0295. The van der Waals surface area contributed by atoms with Gasteiger partial charge < -0.3 is 4.74 Å². The van der Waals surface area contributed by atoms with Crippen molar-refractivity contribution in [2.75, 3.05) is 12.9 Å². The van der Waals surface area contributed by atoms with Crippen LogP contribution < -0.4 is 0 Å². The highest BCUT2D eigenvalue weighted by molar-refractivity contribution is 7.80. The average Bonchev–Trinajstić information content (AvgIpc) is 2.13. The first-order valence-corrected chi connectivity index (χ1v) is 7.39. The van der Waals surface area contributed by atoms with Crippen LogP contribution in [0.15, 0.2) is 0 Å². The molecule has 16 heavy (non-hydrogen) atoms. The number of thiol groups is 1. The van der Waals surface area contributed by atoms with Gasteiger partial charge in [-0.2, -0.15) is 16.8 Å². The monoisotopic (exact) mass is 272 g/mol. The number of ether oxygens (including phenoxy) is 1. The van der Waals surface area contributed by atoms with Gasteiger partial charge in [-0.3, -0.25) is 9.09 Å². The zero-order chi connectivity index (χ0) is 13.0. The molecule has 0 aromatic rings. The third kappa shape index (κ3) is 4.74. The summed E-state index contributed by atoms with van der Waals surface area (Å²) >= 11 is 4.08. The average molecular weight is 272 g/mol. The van der Waals surface area contributed by atoms with Crippen molar-refractivity contribution >= 4 is 20.3 Å². The molecule has 0 saturated heterocycles. The second-order valence-corrected chi connectivity index (χ2v) is 7.47. The highest BCUT2D eigenvalue weighted by atomic mass is 32.1. The maximum atomic E-state index is 14.0. The minimum absolute atomic E-state index is 0.601. The highest BCUT2D eigenvalue weighted by Gasteiger charge is 2.46. The molecule has 0 aliphatic heterocycles. The van der Waals surface area contributed by atoms with Crippen LogP contribution >= 0.6 is 20.3 Å². The van der Waals surface area contributed by atoms with E-state index in [1.165, 1.54) is 21.0 Å². The first-order chi connectivity index (χ1) is 7.08. The van der Waals surface area contributed by atoms with Crippen LogP contribution in [0.4, 0.5) is 4.20 Å². The molecule has 6 heteroatoms. The van der Waals surface area contributed by atoms with Gasteiger partial charge in [0.2, 0.25) is 0 Å². The molecular formula is C10H22FO3PS. The summed E-state index contributed by atoms with van der Waals surface area (Å²) in [6.45, 7) is 6.27. The van der Waals surface area contributed by atoms with E-state index in [1.54, 1.807) is 13.8 Å². The maximum Gasteiger partial charge on any atom is 0.398 e. The van der Waals surface area contributed by atoms with Crippen molar-refractivity contribution in [1.82, 2.24) is 0 Å². The summed E-state index contributed by atoms with van der Waals surface area (Å²) in [6, 6.07) is 0. The minimum Gasteiger partial charge on any atom is -0.366 e. The Hall–Kier alpha value is 0.430. The number of halogens is 1. The zero-order valence-electron chi connectivity index (χ0n) is 10.6. The van der Waals surface area contributed by atoms with E-state index in [0.29, 0.717) is 12.2 Å². The molecule has 0 aliphatic carbocycles. The molecule has 0 aliphatic rings. The summed E-state index contributed by atoms with van der Waals surface area (Å²) in [6.07, 6.45) is 1.38. The molecule has 98 valence electrons. The lowest BCUT2D eigenvalue weighted by Gasteiger charge is -2.33. The van der Waals surface area contributed by atoms with Gasteiger partial charge in [0.15, 0.2) is 5.34 Å². The molecule has 0 spiro atoms. The van der Waals surface area contributed by atoms with Crippen LogP contribution in [0.2, 0.25) is 0 Å². The van der Waals surface area contributed by atoms with Gasteiger partial charge >= 0.3 is 7.68 Å². The minimum atomic E-state index is -4.30. The van der Waals surface area contributed by atoms with Crippen LogP contribution in [0, 0.1) is 0 Å². The molecule has 3 nitrogen and oxygen atoms in total. The predicted octanol–water partition coefficient (Wildman–Crippen LogP) is 4.04. The van der Waals surface area contributed by atoms with Gasteiger partial charge in [0, 0.05) is 7.11 Å². The summed E-state index contributed by atoms with van der Waals surface area (Å²) in [5, 5.41) is -1.41. The van der Waals surface area contributed by atoms with Crippen molar-refractivity contribution in [2.24, 2.45) is 0 Å². The van der Waals surface area contributed by atoms with E-state index in [2.05, 4.69) is 12.6 Å². The third-order valence-corrected chi connectivity index (χ3v) is 4.96. The SMILES string of the molecule is COC(C)(C)P(=O)(F)OC(C)(C)CCCS. The Labute approximate surface area is 103 Å². The van der Waals surface area contributed by atoms with Gasteiger partial charge in [-0.15, -0.1) is 0 Å². The number of hydrogen-bond donors (Lipinski definition) is 1. The Morgan fingerprint density at radius 3 is 2.19 bits per heavy atom. The largest absolute Gasteiger partial charge is 0.398 e. The normalized spacial score (nSPS) is 17.2. The lowest BCUT2D eigenvalue weighted by Crippen LogP contribution is -2.29. The fourth-order valence-electron chi connectivity index (χ4n) is 1.09. The Bertz CT molecular complexity index is 269. The molecule has 0 radical (unpaired) electrons. The first-order valence-electron chi connectivity index (χ1n) is 5.24. The van der Waals surface area contributed by atoms with E-state index in [4.69, 9.17) is 9.26 Å². The molecular weight excluding hydrogens is 250 g/mol. The van der Waals surface area contributed by atoms with Crippen molar-refractivity contribution in [1.29, 1.82) is 0 Å². The van der Waals surface area contributed by atoms with Crippen LogP contribution in [0.1, 0.15) is 40.5 Å². The van der Waals surface area contributed by atoms with E-state index in [9.17, 15) is 8.76 Å². The first kappa shape index (κ1) is 16.4. The molecule has 0 aromatic heterocycles. The molecule has 0 rings (SSSR count). The molecule has 0 N–H and O–H groups in total. The second kappa shape index (κ2) is 5.85. The fraction of sp³-hybridized carbons (Fsp3) is 1.00. The summed E-state index contributed by atoms with van der Waals surface area (Å²) in [4.78, 5) is 0. The standard InChI is InChI=1S/C10H22FO3PS/c1-9(2,7-6-8-16)14-15(11,12)10(3,4)13-5/h16H,6-8H2,1-5H3. The second-order valence-electron chi connectivity index (χ2n) is 4.81.